The van der Waals surface area contributed by atoms with Crippen molar-refractivity contribution in [3.63, 3.8) is 0 Å². The standard InChI is InChI=1S/C18H21NO3S/c1-22-13-3-5-14-12(10-13)6-7-19-16(14)8-11-2-4-15(18(21)23)17(20)9-11/h2-4,9,16,19-20H,5-8,10H2,1H3,(H,21,23). The van der Waals surface area contributed by atoms with Crippen LogP contribution in [-0.4, -0.2) is 29.9 Å². The number of thiol groups is 1. The minimum Gasteiger partial charge on any atom is -0.507 e. The van der Waals surface area contributed by atoms with Gasteiger partial charge in [-0.25, -0.2) is 0 Å². The van der Waals surface area contributed by atoms with Crippen molar-refractivity contribution in [2.24, 2.45) is 0 Å². The summed E-state index contributed by atoms with van der Waals surface area (Å²) in [5.41, 5.74) is 4.16. The van der Waals surface area contributed by atoms with Crippen molar-refractivity contribution in [2.45, 2.75) is 31.7 Å². The average Bonchev–Trinajstić information content (AvgIpc) is 2.54. The molecule has 0 bridgehead atoms. The van der Waals surface area contributed by atoms with Gasteiger partial charge in [0, 0.05) is 12.5 Å². The second-order valence-corrected chi connectivity index (χ2v) is 6.41. The number of carbonyl (C=O) groups is 1. The second-order valence-electron chi connectivity index (χ2n) is 6.00. The molecule has 0 saturated heterocycles. The molecule has 1 unspecified atom stereocenters. The molecular formula is C18H21NO3S. The summed E-state index contributed by atoms with van der Waals surface area (Å²) in [7, 11) is 1.73. The van der Waals surface area contributed by atoms with Gasteiger partial charge in [-0.3, -0.25) is 4.79 Å². The molecule has 1 aliphatic heterocycles. The number of phenolic OH excluding ortho intramolecular Hbond substituents is 1. The Morgan fingerprint density at radius 3 is 3.00 bits per heavy atom. The van der Waals surface area contributed by atoms with E-state index in [1.807, 2.05) is 6.07 Å². The molecule has 1 aromatic rings. The van der Waals surface area contributed by atoms with Crippen LogP contribution < -0.4 is 5.32 Å². The highest BCUT2D eigenvalue weighted by Gasteiger charge is 2.25. The number of benzene rings is 1. The molecule has 5 heteroatoms. The minimum absolute atomic E-state index is 0.00211. The first kappa shape index (κ1) is 16.1. The van der Waals surface area contributed by atoms with Crippen molar-refractivity contribution in [3.8, 4) is 5.75 Å². The molecule has 0 fully saturated rings. The molecule has 23 heavy (non-hydrogen) atoms. The Labute approximate surface area is 141 Å². The zero-order valence-corrected chi connectivity index (χ0v) is 14.0. The minimum atomic E-state index is -0.417. The quantitative estimate of drug-likeness (QED) is 0.586. The van der Waals surface area contributed by atoms with Crippen molar-refractivity contribution in [3.05, 3.63) is 52.3 Å². The van der Waals surface area contributed by atoms with E-state index in [-0.39, 0.29) is 17.4 Å². The van der Waals surface area contributed by atoms with Crippen LogP contribution in [0, 0.1) is 0 Å². The second kappa shape index (κ2) is 6.81. The van der Waals surface area contributed by atoms with E-state index in [0.29, 0.717) is 0 Å². The van der Waals surface area contributed by atoms with E-state index in [0.717, 1.165) is 43.6 Å². The Morgan fingerprint density at radius 2 is 2.30 bits per heavy atom. The topological polar surface area (TPSA) is 58.6 Å². The SMILES string of the molecule is COC1=CCC2=C(CCNC2Cc2ccc(C(=O)S)c(O)c2)C1. The zero-order chi connectivity index (χ0) is 16.4. The Bertz CT molecular complexity index is 694. The molecule has 2 N–H and O–H groups in total. The van der Waals surface area contributed by atoms with Crippen LogP contribution in [0.5, 0.6) is 5.75 Å². The predicted molar refractivity (Wildman–Crippen MR) is 92.9 cm³/mol. The molecule has 4 nitrogen and oxygen atoms in total. The summed E-state index contributed by atoms with van der Waals surface area (Å²) in [6.07, 6.45) is 5.82. The number of allylic oxidation sites excluding steroid dienone is 2. The third-order valence-electron chi connectivity index (χ3n) is 4.62. The van der Waals surface area contributed by atoms with E-state index < -0.39 is 5.12 Å². The lowest BCUT2D eigenvalue weighted by atomic mass is 9.83. The Morgan fingerprint density at radius 1 is 1.48 bits per heavy atom. The number of carbonyl (C=O) groups excluding carboxylic acids is 1. The van der Waals surface area contributed by atoms with E-state index in [1.165, 1.54) is 11.1 Å². The van der Waals surface area contributed by atoms with Crippen LogP contribution in [0.15, 0.2) is 41.2 Å². The number of phenols is 1. The summed E-state index contributed by atoms with van der Waals surface area (Å²) >= 11 is 3.76. The third kappa shape index (κ3) is 3.46. The maximum absolute atomic E-state index is 11.3. The van der Waals surface area contributed by atoms with Crippen LogP contribution >= 0.6 is 12.6 Å². The first-order valence-corrected chi connectivity index (χ1v) is 8.25. The van der Waals surface area contributed by atoms with E-state index in [2.05, 4.69) is 24.0 Å². The maximum Gasteiger partial charge on any atom is 0.220 e. The zero-order valence-electron chi connectivity index (χ0n) is 13.1. The van der Waals surface area contributed by atoms with E-state index in [4.69, 9.17) is 4.74 Å². The number of ether oxygens (including phenoxy) is 1. The number of hydrogen-bond acceptors (Lipinski definition) is 4. The Kier molecular flexibility index (Phi) is 4.78. The van der Waals surface area contributed by atoms with Gasteiger partial charge in [0.1, 0.15) is 5.75 Å². The lowest BCUT2D eigenvalue weighted by Gasteiger charge is -2.32. The molecule has 1 atom stereocenters. The summed E-state index contributed by atoms with van der Waals surface area (Å²) in [4.78, 5) is 11.3. The highest BCUT2D eigenvalue weighted by molar-refractivity contribution is 7.97. The Hall–Kier alpha value is -1.72. The highest BCUT2D eigenvalue weighted by atomic mass is 32.1. The lowest BCUT2D eigenvalue weighted by molar-refractivity contribution is 0.108. The van der Waals surface area contributed by atoms with Crippen LogP contribution in [0.2, 0.25) is 0 Å². The smallest absolute Gasteiger partial charge is 0.220 e. The van der Waals surface area contributed by atoms with E-state index in [1.54, 1.807) is 19.2 Å². The largest absolute Gasteiger partial charge is 0.507 e. The van der Waals surface area contributed by atoms with Gasteiger partial charge in [0.15, 0.2) is 0 Å². The molecule has 1 aromatic carbocycles. The number of methoxy groups -OCH3 is 1. The fourth-order valence-electron chi connectivity index (χ4n) is 3.39. The van der Waals surface area contributed by atoms with Gasteiger partial charge in [0.05, 0.1) is 18.4 Å². The van der Waals surface area contributed by atoms with Crippen molar-refractivity contribution in [2.75, 3.05) is 13.7 Å². The van der Waals surface area contributed by atoms with Crippen LogP contribution in [0.1, 0.15) is 35.2 Å². The number of nitrogens with one attached hydrogen (secondary N) is 1. The molecule has 0 spiro atoms. The molecule has 2 aliphatic rings. The molecule has 1 aliphatic carbocycles. The molecule has 3 rings (SSSR count). The average molecular weight is 331 g/mol. The molecule has 0 amide bonds. The third-order valence-corrected chi connectivity index (χ3v) is 4.87. The predicted octanol–water partition coefficient (Wildman–Crippen LogP) is 2.99. The Balaban J connectivity index is 1.78. The lowest BCUT2D eigenvalue weighted by Crippen LogP contribution is -2.39. The van der Waals surface area contributed by atoms with Crippen molar-refractivity contribution in [1.82, 2.24) is 5.32 Å². The van der Waals surface area contributed by atoms with Gasteiger partial charge in [0.2, 0.25) is 5.12 Å². The van der Waals surface area contributed by atoms with Crippen LogP contribution in [0.3, 0.4) is 0 Å². The maximum atomic E-state index is 11.3. The van der Waals surface area contributed by atoms with Gasteiger partial charge < -0.3 is 15.2 Å². The summed E-state index contributed by atoms with van der Waals surface area (Å²) in [6.45, 7) is 0.958. The summed E-state index contributed by atoms with van der Waals surface area (Å²) in [5, 5.41) is 13.1. The summed E-state index contributed by atoms with van der Waals surface area (Å²) < 4.78 is 5.38. The van der Waals surface area contributed by atoms with Crippen molar-refractivity contribution >= 4 is 17.7 Å². The van der Waals surface area contributed by atoms with Crippen LogP contribution in [0.4, 0.5) is 0 Å². The van der Waals surface area contributed by atoms with Gasteiger partial charge in [-0.1, -0.05) is 11.6 Å². The molecular weight excluding hydrogens is 310 g/mol. The highest BCUT2D eigenvalue weighted by Crippen LogP contribution is 2.33. The fraction of sp³-hybridized carbons (Fsp3) is 0.389. The number of aromatic hydroxyl groups is 1. The molecule has 0 saturated carbocycles. The molecule has 0 aromatic heterocycles. The summed E-state index contributed by atoms with van der Waals surface area (Å²) in [6, 6.07) is 5.46. The normalized spacial score (nSPS) is 20.8. The van der Waals surface area contributed by atoms with Crippen molar-refractivity contribution < 1.29 is 14.6 Å². The van der Waals surface area contributed by atoms with Gasteiger partial charge >= 0.3 is 0 Å². The van der Waals surface area contributed by atoms with E-state index >= 15 is 0 Å². The van der Waals surface area contributed by atoms with Gasteiger partial charge in [-0.05, 0) is 55.2 Å². The molecule has 122 valence electrons. The summed E-state index contributed by atoms with van der Waals surface area (Å²) in [5.74, 6) is 1.05. The van der Waals surface area contributed by atoms with Crippen molar-refractivity contribution in [1.29, 1.82) is 0 Å². The molecule has 1 heterocycles. The monoisotopic (exact) mass is 331 g/mol. The van der Waals surface area contributed by atoms with Gasteiger partial charge in [0.25, 0.3) is 0 Å². The van der Waals surface area contributed by atoms with Crippen LogP contribution in [-0.2, 0) is 11.2 Å². The van der Waals surface area contributed by atoms with Gasteiger partial charge in [-0.2, -0.15) is 0 Å². The number of rotatable bonds is 4. The first-order chi connectivity index (χ1) is 11.1. The van der Waals surface area contributed by atoms with E-state index in [9.17, 15) is 9.90 Å². The van der Waals surface area contributed by atoms with Gasteiger partial charge in [-0.15, -0.1) is 12.6 Å². The van der Waals surface area contributed by atoms with Crippen LogP contribution in [0.25, 0.3) is 0 Å². The molecule has 0 radical (unpaired) electrons. The number of hydrogen-bond donors (Lipinski definition) is 3. The first-order valence-electron chi connectivity index (χ1n) is 7.81. The fourth-order valence-corrected chi connectivity index (χ4v) is 3.58.